The van der Waals surface area contributed by atoms with Crippen molar-refractivity contribution >= 4 is 5.97 Å². The van der Waals surface area contributed by atoms with Crippen LogP contribution in [0.15, 0.2) is 0 Å². The third-order valence-corrected chi connectivity index (χ3v) is 4.22. The van der Waals surface area contributed by atoms with Gasteiger partial charge < -0.3 is 4.74 Å². The zero-order chi connectivity index (χ0) is 13.4. The van der Waals surface area contributed by atoms with Gasteiger partial charge in [-0.2, -0.15) is 0 Å². The van der Waals surface area contributed by atoms with E-state index in [0.717, 1.165) is 25.7 Å². The summed E-state index contributed by atoms with van der Waals surface area (Å²) in [5.41, 5.74) is -0.452. The summed E-state index contributed by atoms with van der Waals surface area (Å²) in [5, 5.41) is 3.63. The van der Waals surface area contributed by atoms with Crippen molar-refractivity contribution in [2.45, 2.75) is 83.2 Å². The van der Waals surface area contributed by atoms with Gasteiger partial charge >= 0.3 is 5.97 Å². The Morgan fingerprint density at radius 3 is 2.44 bits per heavy atom. The molecule has 0 saturated heterocycles. The Kier molecular flexibility index (Phi) is 6.69. The molecule has 0 amide bonds. The fourth-order valence-electron chi connectivity index (χ4n) is 2.97. The van der Waals surface area contributed by atoms with Gasteiger partial charge in [-0.3, -0.25) is 10.1 Å². The van der Waals surface area contributed by atoms with Crippen LogP contribution in [0.2, 0.25) is 0 Å². The Bertz CT molecular complexity index is 249. The molecule has 1 N–H and O–H groups in total. The summed E-state index contributed by atoms with van der Waals surface area (Å²) in [7, 11) is 1.50. The molecule has 0 aromatic rings. The first-order valence-electron chi connectivity index (χ1n) is 7.54. The van der Waals surface area contributed by atoms with Gasteiger partial charge in [0.25, 0.3) is 0 Å². The molecule has 1 saturated carbocycles. The molecule has 0 aliphatic heterocycles. The molecule has 0 bridgehead atoms. The minimum atomic E-state index is -0.452. The number of carbonyl (C=O) groups excluding carboxylic acids is 1. The lowest BCUT2D eigenvalue weighted by atomic mass is 9.86. The molecule has 1 aliphatic rings. The predicted octanol–water partition coefficient (Wildman–Crippen LogP) is 3.42. The average Bonchev–Trinajstić information content (AvgIpc) is 2.43. The molecule has 1 aliphatic carbocycles. The van der Waals surface area contributed by atoms with Crippen molar-refractivity contribution in [3.05, 3.63) is 0 Å². The molecule has 0 heterocycles. The van der Waals surface area contributed by atoms with Crippen LogP contribution < -0.4 is 5.32 Å². The zero-order valence-electron chi connectivity index (χ0n) is 12.3. The van der Waals surface area contributed by atoms with Gasteiger partial charge in [-0.25, -0.2) is 0 Å². The summed E-state index contributed by atoms with van der Waals surface area (Å²) >= 11 is 0. The van der Waals surface area contributed by atoms with E-state index in [1.54, 1.807) is 0 Å². The molecule has 3 heteroatoms. The van der Waals surface area contributed by atoms with Crippen molar-refractivity contribution < 1.29 is 9.53 Å². The number of esters is 1. The van der Waals surface area contributed by atoms with Crippen LogP contribution in [0.3, 0.4) is 0 Å². The first-order valence-corrected chi connectivity index (χ1v) is 7.54. The Labute approximate surface area is 112 Å². The molecular formula is C15H29NO2. The topological polar surface area (TPSA) is 38.3 Å². The number of hydrogen-bond donors (Lipinski definition) is 1. The first kappa shape index (κ1) is 15.5. The van der Waals surface area contributed by atoms with Gasteiger partial charge in [0.05, 0.1) is 7.11 Å². The quantitative estimate of drug-likeness (QED) is 0.708. The van der Waals surface area contributed by atoms with Crippen LogP contribution in [0.4, 0.5) is 0 Å². The van der Waals surface area contributed by atoms with Gasteiger partial charge in [-0.05, 0) is 25.7 Å². The van der Waals surface area contributed by atoms with E-state index in [1.165, 1.54) is 39.2 Å². The number of unbranched alkanes of at least 4 members (excludes halogenated alkanes) is 1. The maximum atomic E-state index is 12.2. The summed E-state index contributed by atoms with van der Waals surface area (Å²) in [6.07, 6.45) is 10.2. The Balaban J connectivity index is 2.69. The van der Waals surface area contributed by atoms with Crippen LogP contribution >= 0.6 is 0 Å². The van der Waals surface area contributed by atoms with Crippen molar-refractivity contribution in [1.29, 1.82) is 0 Å². The number of hydrogen-bond acceptors (Lipinski definition) is 3. The number of ether oxygens (including phenoxy) is 1. The Morgan fingerprint density at radius 1 is 1.28 bits per heavy atom. The van der Waals surface area contributed by atoms with Crippen molar-refractivity contribution in [3.63, 3.8) is 0 Å². The van der Waals surface area contributed by atoms with Crippen molar-refractivity contribution in [1.82, 2.24) is 5.32 Å². The lowest BCUT2D eigenvalue weighted by molar-refractivity contribution is -0.149. The largest absolute Gasteiger partial charge is 0.468 e. The smallest absolute Gasteiger partial charge is 0.326 e. The van der Waals surface area contributed by atoms with Gasteiger partial charge in [0, 0.05) is 6.04 Å². The highest BCUT2D eigenvalue weighted by Crippen LogP contribution is 2.26. The van der Waals surface area contributed by atoms with E-state index in [2.05, 4.69) is 19.2 Å². The van der Waals surface area contributed by atoms with Gasteiger partial charge in [0.2, 0.25) is 0 Å². The van der Waals surface area contributed by atoms with E-state index < -0.39 is 5.54 Å². The van der Waals surface area contributed by atoms with Crippen LogP contribution in [0.25, 0.3) is 0 Å². The van der Waals surface area contributed by atoms with Crippen molar-refractivity contribution in [2.24, 2.45) is 0 Å². The number of methoxy groups -OCH3 is 1. The van der Waals surface area contributed by atoms with E-state index in [4.69, 9.17) is 4.74 Å². The lowest BCUT2D eigenvalue weighted by Crippen LogP contribution is -2.56. The molecule has 106 valence electrons. The fraction of sp³-hybridized carbons (Fsp3) is 0.933. The standard InChI is InChI=1S/C15H29NO2/c1-4-6-12-15(5-2,14(17)18-3)16-13-10-8-7-9-11-13/h13,16H,4-12H2,1-3H3. The van der Waals surface area contributed by atoms with Gasteiger partial charge in [-0.1, -0.05) is 46.0 Å². The molecule has 1 atom stereocenters. The summed E-state index contributed by atoms with van der Waals surface area (Å²) in [4.78, 5) is 12.2. The van der Waals surface area contributed by atoms with Crippen LogP contribution in [0, 0.1) is 0 Å². The monoisotopic (exact) mass is 255 g/mol. The van der Waals surface area contributed by atoms with Crippen LogP contribution in [-0.4, -0.2) is 24.7 Å². The highest BCUT2D eigenvalue weighted by atomic mass is 16.5. The molecule has 0 aromatic carbocycles. The maximum Gasteiger partial charge on any atom is 0.326 e. The molecule has 1 fully saturated rings. The molecule has 0 radical (unpaired) electrons. The normalized spacial score (nSPS) is 20.4. The molecule has 1 unspecified atom stereocenters. The zero-order valence-corrected chi connectivity index (χ0v) is 12.3. The number of rotatable bonds is 7. The molecule has 0 spiro atoms. The number of carbonyl (C=O) groups is 1. The maximum absolute atomic E-state index is 12.2. The van der Waals surface area contributed by atoms with E-state index in [1.807, 2.05) is 0 Å². The molecule has 3 nitrogen and oxygen atoms in total. The van der Waals surface area contributed by atoms with E-state index >= 15 is 0 Å². The van der Waals surface area contributed by atoms with E-state index in [0.29, 0.717) is 6.04 Å². The average molecular weight is 255 g/mol. The van der Waals surface area contributed by atoms with Crippen molar-refractivity contribution in [2.75, 3.05) is 7.11 Å². The predicted molar refractivity (Wildman–Crippen MR) is 74.6 cm³/mol. The SMILES string of the molecule is CCCCC(CC)(NC1CCCCC1)C(=O)OC. The van der Waals surface area contributed by atoms with Gasteiger partial charge in [0.15, 0.2) is 0 Å². The summed E-state index contributed by atoms with van der Waals surface area (Å²) < 4.78 is 5.04. The second-order valence-electron chi connectivity index (χ2n) is 5.51. The second-order valence-corrected chi connectivity index (χ2v) is 5.51. The highest BCUT2D eigenvalue weighted by molar-refractivity contribution is 5.80. The summed E-state index contributed by atoms with van der Waals surface area (Å²) in [5.74, 6) is -0.0796. The minimum absolute atomic E-state index is 0.0796. The minimum Gasteiger partial charge on any atom is -0.468 e. The molecule has 0 aromatic heterocycles. The van der Waals surface area contributed by atoms with Gasteiger partial charge in [-0.15, -0.1) is 0 Å². The Morgan fingerprint density at radius 2 is 1.94 bits per heavy atom. The number of nitrogens with one attached hydrogen (secondary N) is 1. The fourth-order valence-corrected chi connectivity index (χ4v) is 2.97. The third kappa shape index (κ3) is 3.98. The van der Waals surface area contributed by atoms with Crippen LogP contribution in [0.1, 0.15) is 71.6 Å². The van der Waals surface area contributed by atoms with Gasteiger partial charge in [0.1, 0.15) is 5.54 Å². The lowest BCUT2D eigenvalue weighted by Gasteiger charge is -2.36. The molecule has 1 rings (SSSR count). The molecular weight excluding hydrogens is 226 g/mol. The highest BCUT2D eigenvalue weighted by Gasteiger charge is 2.38. The summed E-state index contributed by atoms with van der Waals surface area (Å²) in [6.45, 7) is 4.25. The van der Waals surface area contributed by atoms with Crippen LogP contribution in [-0.2, 0) is 9.53 Å². The first-order chi connectivity index (χ1) is 8.68. The summed E-state index contributed by atoms with van der Waals surface area (Å²) in [6, 6.07) is 0.495. The molecule has 18 heavy (non-hydrogen) atoms. The van der Waals surface area contributed by atoms with E-state index in [-0.39, 0.29) is 5.97 Å². The second kappa shape index (κ2) is 7.78. The third-order valence-electron chi connectivity index (χ3n) is 4.22. The van der Waals surface area contributed by atoms with Crippen molar-refractivity contribution in [3.8, 4) is 0 Å². The Hall–Kier alpha value is -0.570. The van der Waals surface area contributed by atoms with Crippen LogP contribution in [0.5, 0.6) is 0 Å². The van der Waals surface area contributed by atoms with E-state index in [9.17, 15) is 4.79 Å².